The Morgan fingerprint density at radius 3 is 2.42 bits per heavy atom. The van der Waals surface area contributed by atoms with Gasteiger partial charge in [-0.25, -0.2) is 9.37 Å². The number of piperidine rings is 2. The molecule has 9 rings (SSSR count). The number of anilines is 5. The van der Waals surface area contributed by atoms with E-state index in [0.717, 1.165) is 45.7 Å². The number of likely N-dealkylation sites (tertiary alicyclic amines) is 1. The molecule has 3 fully saturated rings. The summed E-state index contributed by atoms with van der Waals surface area (Å²) in [6.45, 7) is 7.49. The second kappa shape index (κ2) is 19.2. The lowest BCUT2D eigenvalue weighted by atomic mass is 9.85. The summed E-state index contributed by atoms with van der Waals surface area (Å²) in [5, 5.41) is 16.3. The lowest BCUT2D eigenvalue weighted by Crippen LogP contribution is -2.52. The van der Waals surface area contributed by atoms with Crippen LogP contribution in [0.3, 0.4) is 0 Å². The van der Waals surface area contributed by atoms with Crippen LogP contribution < -0.4 is 30.9 Å². The number of rotatable bonds is 12. The topological polar surface area (TPSA) is 167 Å². The third-order valence-corrected chi connectivity index (χ3v) is 15.2. The molecule has 0 saturated carbocycles. The van der Waals surface area contributed by atoms with E-state index in [0.29, 0.717) is 96.7 Å². The number of carbonyl (C=O) groups excluding carboxylic acids is 3. The molecule has 15 nitrogen and oxygen atoms in total. The molecule has 1 unspecified atom stereocenters. The second-order valence-corrected chi connectivity index (χ2v) is 21.9. The van der Waals surface area contributed by atoms with Gasteiger partial charge in [0.05, 0.1) is 41.6 Å². The van der Waals surface area contributed by atoms with Crippen LogP contribution in [0.25, 0.3) is 21.9 Å². The third-order valence-electron chi connectivity index (χ3n) is 13.0. The number of aryl methyl sites for hydroxylation is 1. The average Bonchev–Trinajstić information content (AvgIpc) is 3.75. The van der Waals surface area contributed by atoms with Gasteiger partial charge in [-0.05, 0) is 108 Å². The highest BCUT2D eigenvalue weighted by atomic mass is 79.9. The van der Waals surface area contributed by atoms with Gasteiger partial charge in [-0.3, -0.25) is 29.3 Å². The average molecular weight is 992 g/mol. The molecule has 0 spiro atoms. The summed E-state index contributed by atoms with van der Waals surface area (Å²) in [6, 6.07) is 20.9. The Morgan fingerprint density at radius 1 is 0.940 bits per heavy atom. The van der Waals surface area contributed by atoms with E-state index in [1.807, 2.05) is 78.9 Å². The van der Waals surface area contributed by atoms with Gasteiger partial charge < -0.3 is 29.7 Å². The van der Waals surface area contributed by atoms with Crippen LogP contribution in [0.5, 0.6) is 5.75 Å². The van der Waals surface area contributed by atoms with Crippen molar-refractivity contribution in [1.29, 1.82) is 0 Å². The van der Waals surface area contributed by atoms with Crippen molar-refractivity contribution in [2.45, 2.75) is 37.5 Å². The number of piperazine rings is 1. The molecular formula is C49H53BrFN10O5P. The number of imide groups is 1. The standard InChI is InChI=1S/C49H53BrFN10O5P/c1-58-28-33(26-53-58)37-24-41(55-49-52-27-38(50)47(57-49)54-40-13-10-30-7-5-6-8-35(30)46(40)67(3,4)65)43(66-2)25-42(37)60-19-21-61(22-20-60)45(63)29-59-17-15-31(16-18-59)34-11-9-32(23-39(34)51)36-12-14-44(62)56-48(36)64/h5-11,13,23-28,31,36H,12,14-22,29H2,1-4H3,(H,56,62,64)(H2,52,54,55,57). The maximum atomic E-state index is 15.4. The zero-order valence-electron chi connectivity index (χ0n) is 37.9. The number of benzene rings is 4. The van der Waals surface area contributed by atoms with Gasteiger partial charge in [0.15, 0.2) is 0 Å². The minimum Gasteiger partial charge on any atom is -0.494 e. The summed E-state index contributed by atoms with van der Waals surface area (Å²) >= 11 is 3.61. The van der Waals surface area contributed by atoms with Gasteiger partial charge in [0.1, 0.15) is 24.5 Å². The number of nitrogens with zero attached hydrogens (tertiary/aromatic N) is 7. The Hall–Kier alpha value is -6.16. The molecule has 0 bridgehead atoms. The number of hydrogen-bond donors (Lipinski definition) is 3. The van der Waals surface area contributed by atoms with Gasteiger partial charge in [-0.2, -0.15) is 10.1 Å². The van der Waals surface area contributed by atoms with E-state index >= 15 is 4.39 Å². The molecule has 67 heavy (non-hydrogen) atoms. The van der Waals surface area contributed by atoms with Crippen molar-refractivity contribution in [3.63, 3.8) is 0 Å². The first-order valence-electron chi connectivity index (χ1n) is 22.5. The quantitative estimate of drug-likeness (QED) is 0.0809. The van der Waals surface area contributed by atoms with E-state index < -0.39 is 13.1 Å². The van der Waals surface area contributed by atoms with Crippen molar-refractivity contribution in [2.24, 2.45) is 7.05 Å². The lowest BCUT2D eigenvalue weighted by molar-refractivity contribution is -0.134. The summed E-state index contributed by atoms with van der Waals surface area (Å²) in [5.74, 6) is -0.0537. The van der Waals surface area contributed by atoms with E-state index in [1.165, 1.54) is 6.07 Å². The number of methoxy groups -OCH3 is 1. The molecule has 3 N–H and O–H groups in total. The number of ether oxygens (including phenoxy) is 1. The molecule has 3 aliphatic heterocycles. The number of halogens is 2. The molecule has 5 heterocycles. The maximum absolute atomic E-state index is 15.4. The van der Waals surface area contributed by atoms with E-state index in [1.54, 1.807) is 37.4 Å². The molecule has 348 valence electrons. The van der Waals surface area contributed by atoms with Crippen LogP contribution in [0, 0.1) is 5.82 Å². The van der Waals surface area contributed by atoms with E-state index in [4.69, 9.17) is 9.72 Å². The van der Waals surface area contributed by atoms with Gasteiger partial charge in [0.2, 0.25) is 23.7 Å². The zero-order chi connectivity index (χ0) is 47.0. The highest BCUT2D eigenvalue weighted by Gasteiger charge is 2.32. The first-order valence-corrected chi connectivity index (χ1v) is 25.8. The second-order valence-electron chi connectivity index (χ2n) is 17.8. The van der Waals surface area contributed by atoms with Crippen molar-refractivity contribution < 1.29 is 28.1 Å². The van der Waals surface area contributed by atoms with Crippen LogP contribution in [0.15, 0.2) is 89.8 Å². The lowest BCUT2D eigenvalue weighted by Gasteiger charge is -2.39. The Balaban J connectivity index is 0.860. The van der Waals surface area contributed by atoms with Crippen molar-refractivity contribution in [3.8, 4) is 16.9 Å². The Kier molecular flexibility index (Phi) is 13.2. The first kappa shape index (κ1) is 46.0. The van der Waals surface area contributed by atoms with E-state index in [2.05, 4.69) is 51.8 Å². The van der Waals surface area contributed by atoms with Gasteiger partial charge >= 0.3 is 0 Å². The van der Waals surface area contributed by atoms with E-state index in [9.17, 15) is 18.9 Å². The summed E-state index contributed by atoms with van der Waals surface area (Å²) in [4.78, 5) is 53.4. The SMILES string of the molecule is COc1cc(N2CCN(C(=O)CN3CCC(c4ccc(C5CCC(=O)NC5=O)cc4F)CC3)CC2)c(-c2cnn(C)c2)cc1Nc1ncc(Br)c(Nc2ccc3ccccc3c2P(C)(C)=O)n1. The van der Waals surface area contributed by atoms with Crippen molar-refractivity contribution >= 4 is 85.7 Å². The van der Waals surface area contributed by atoms with Crippen LogP contribution in [0.4, 0.5) is 33.2 Å². The smallest absolute Gasteiger partial charge is 0.236 e. The minimum absolute atomic E-state index is 0.0175. The number of hydrogen-bond acceptors (Lipinski definition) is 12. The molecule has 4 aromatic carbocycles. The molecule has 18 heteroatoms. The fraction of sp³-hybridized carbons (Fsp3) is 0.347. The van der Waals surface area contributed by atoms with Crippen LogP contribution in [0.1, 0.15) is 48.6 Å². The predicted octanol–water partition coefficient (Wildman–Crippen LogP) is 7.72. The first-order chi connectivity index (χ1) is 32.2. The number of carbonyl (C=O) groups is 3. The van der Waals surface area contributed by atoms with Gasteiger partial charge in [0, 0.05) is 80.2 Å². The Labute approximate surface area is 397 Å². The summed E-state index contributed by atoms with van der Waals surface area (Å²) in [6.07, 6.45) is 7.51. The summed E-state index contributed by atoms with van der Waals surface area (Å²) in [7, 11) is 0.771. The molecule has 2 aromatic heterocycles. The fourth-order valence-electron chi connectivity index (χ4n) is 9.58. The fourth-order valence-corrected chi connectivity index (χ4v) is 11.4. The third kappa shape index (κ3) is 9.95. The number of amides is 3. The van der Waals surface area contributed by atoms with Crippen LogP contribution >= 0.6 is 23.1 Å². The summed E-state index contributed by atoms with van der Waals surface area (Å²) in [5.41, 5.74) is 5.32. The molecule has 0 aliphatic carbocycles. The van der Waals surface area contributed by atoms with Gasteiger partial charge in [-0.15, -0.1) is 0 Å². The molecule has 3 saturated heterocycles. The Morgan fingerprint density at radius 2 is 1.72 bits per heavy atom. The van der Waals surface area contributed by atoms with Gasteiger partial charge in [0.25, 0.3) is 0 Å². The summed E-state index contributed by atoms with van der Waals surface area (Å²) < 4.78 is 37.4. The van der Waals surface area contributed by atoms with E-state index in [-0.39, 0.29) is 35.9 Å². The van der Waals surface area contributed by atoms with Gasteiger partial charge in [-0.1, -0.05) is 42.5 Å². The molecule has 3 aliphatic rings. The minimum atomic E-state index is -2.72. The monoisotopic (exact) mass is 990 g/mol. The molecule has 0 radical (unpaired) electrons. The predicted molar refractivity (Wildman–Crippen MR) is 263 cm³/mol. The van der Waals surface area contributed by atoms with Crippen LogP contribution in [0.2, 0.25) is 0 Å². The van der Waals surface area contributed by atoms with Crippen LogP contribution in [-0.2, 0) is 26.0 Å². The number of fused-ring (bicyclic) bond motifs is 1. The number of nitrogens with one attached hydrogen (secondary N) is 3. The normalized spacial score (nSPS) is 17.4. The molecule has 1 atom stereocenters. The molecule has 3 amide bonds. The zero-order valence-corrected chi connectivity index (χ0v) is 40.4. The van der Waals surface area contributed by atoms with Crippen LogP contribution in [-0.4, -0.2) is 114 Å². The Bertz CT molecular complexity index is 2930. The maximum Gasteiger partial charge on any atom is 0.236 e. The van der Waals surface area contributed by atoms with Crippen molar-refractivity contribution in [3.05, 3.63) is 107 Å². The largest absolute Gasteiger partial charge is 0.494 e. The molecule has 6 aromatic rings. The highest BCUT2D eigenvalue weighted by Crippen LogP contribution is 2.43. The van der Waals surface area contributed by atoms with Crippen molar-refractivity contribution in [1.82, 2.24) is 34.9 Å². The van der Waals surface area contributed by atoms with Crippen molar-refractivity contribution in [2.75, 3.05) is 81.8 Å². The highest BCUT2D eigenvalue weighted by molar-refractivity contribution is 9.10. The number of aromatic nitrogens is 4. The molecular weight excluding hydrogens is 938 g/mol.